The lowest BCUT2D eigenvalue weighted by Crippen LogP contribution is -2.34. The predicted molar refractivity (Wildman–Crippen MR) is 82.3 cm³/mol. The summed E-state index contributed by atoms with van der Waals surface area (Å²) in [5.41, 5.74) is 7.02. The maximum Gasteiger partial charge on any atom is 0.223 e. The molecule has 0 atom stereocenters. The van der Waals surface area contributed by atoms with Crippen LogP contribution in [-0.4, -0.2) is 19.0 Å². The molecular weight excluding hydrogens is 248 g/mol. The second-order valence-electron chi connectivity index (χ2n) is 5.83. The van der Waals surface area contributed by atoms with E-state index >= 15 is 0 Å². The molecule has 2 rings (SSSR count). The number of nitrogens with two attached hydrogens (primary N) is 1. The smallest absolute Gasteiger partial charge is 0.223 e. The molecule has 0 spiro atoms. The van der Waals surface area contributed by atoms with E-state index in [1.807, 2.05) is 6.07 Å². The van der Waals surface area contributed by atoms with E-state index in [0.717, 1.165) is 51.6 Å². The molecule has 1 aliphatic carbocycles. The first kappa shape index (κ1) is 15.0. The van der Waals surface area contributed by atoms with Crippen LogP contribution >= 0.6 is 0 Å². The van der Waals surface area contributed by atoms with Gasteiger partial charge in [-0.3, -0.25) is 4.79 Å². The lowest BCUT2D eigenvalue weighted by Gasteiger charge is -2.26. The van der Waals surface area contributed by atoms with Crippen LogP contribution in [0.3, 0.4) is 0 Å². The van der Waals surface area contributed by atoms with Crippen molar-refractivity contribution in [1.82, 2.24) is 5.32 Å². The summed E-state index contributed by atoms with van der Waals surface area (Å²) in [5.74, 6) is 1.10. The van der Waals surface area contributed by atoms with E-state index in [9.17, 15) is 4.79 Å². The lowest BCUT2D eigenvalue weighted by molar-refractivity contribution is -0.126. The van der Waals surface area contributed by atoms with Gasteiger partial charge in [0.15, 0.2) is 0 Å². The van der Waals surface area contributed by atoms with Gasteiger partial charge in [0.1, 0.15) is 0 Å². The van der Waals surface area contributed by atoms with Crippen LogP contribution in [0.15, 0.2) is 30.3 Å². The number of hydrogen-bond acceptors (Lipinski definition) is 2. The highest BCUT2D eigenvalue weighted by molar-refractivity contribution is 5.78. The highest BCUT2D eigenvalue weighted by atomic mass is 16.1. The van der Waals surface area contributed by atoms with E-state index in [4.69, 9.17) is 5.73 Å². The maximum atomic E-state index is 12.1. The van der Waals surface area contributed by atoms with Crippen LogP contribution < -0.4 is 11.1 Å². The van der Waals surface area contributed by atoms with Gasteiger partial charge in [0.25, 0.3) is 0 Å². The summed E-state index contributed by atoms with van der Waals surface area (Å²) in [5, 5.41) is 3.09. The van der Waals surface area contributed by atoms with Gasteiger partial charge in [0.05, 0.1) is 0 Å². The third-order valence-corrected chi connectivity index (χ3v) is 4.34. The number of hydrogen-bond donors (Lipinski definition) is 2. The topological polar surface area (TPSA) is 55.1 Å². The molecule has 3 nitrogen and oxygen atoms in total. The number of benzene rings is 1. The molecule has 0 saturated heterocycles. The number of rotatable bonds is 6. The number of aryl methyl sites for hydroxylation is 1. The molecule has 0 aromatic heterocycles. The average Bonchev–Trinajstić information content (AvgIpc) is 2.52. The molecule has 0 radical (unpaired) electrons. The van der Waals surface area contributed by atoms with Crippen LogP contribution in [0.25, 0.3) is 0 Å². The van der Waals surface area contributed by atoms with Crippen LogP contribution in [0, 0.1) is 11.8 Å². The molecule has 1 fully saturated rings. The van der Waals surface area contributed by atoms with E-state index in [2.05, 4.69) is 29.6 Å². The normalized spacial score (nSPS) is 22.4. The Labute approximate surface area is 121 Å². The number of nitrogens with one attached hydrogen (secondary N) is 1. The van der Waals surface area contributed by atoms with Crippen molar-refractivity contribution in [3.8, 4) is 0 Å². The summed E-state index contributed by atoms with van der Waals surface area (Å²) in [7, 11) is 0. The van der Waals surface area contributed by atoms with Gasteiger partial charge in [0.2, 0.25) is 5.91 Å². The molecule has 1 aliphatic rings. The van der Waals surface area contributed by atoms with E-state index in [1.165, 1.54) is 5.56 Å². The fourth-order valence-corrected chi connectivity index (χ4v) is 2.95. The van der Waals surface area contributed by atoms with Gasteiger partial charge in [-0.05, 0) is 56.6 Å². The predicted octanol–water partition coefficient (Wildman–Crippen LogP) is 2.50. The molecule has 0 heterocycles. The molecule has 3 heteroatoms. The molecule has 1 aromatic rings. The minimum absolute atomic E-state index is 0.217. The van der Waals surface area contributed by atoms with E-state index < -0.39 is 0 Å². The molecule has 20 heavy (non-hydrogen) atoms. The van der Waals surface area contributed by atoms with Crippen molar-refractivity contribution in [2.75, 3.05) is 13.1 Å². The second-order valence-corrected chi connectivity index (χ2v) is 5.83. The maximum absolute atomic E-state index is 12.1. The zero-order valence-electron chi connectivity index (χ0n) is 12.2. The van der Waals surface area contributed by atoms with Crippen molar-refractivity contribution in [3.05, 3.63) is 35.9 Å². The Morgan fingerprint density at radius 1 is 1.15 bits per heavy atom. The summed E-state index contributed by atoms with van der Waals surface area (Å²) in [6.07, 6.45) is 6.27. The minimum Gasteiger partial charge on any atom is -0.356 e. The monoisotopic (exact) mass is 274 g/mol. The Balaban J connectivity index is 1.61. The van der Waals surface area contributed by atoms with Crippen molar-refractivity contribution in [2.24, 2.45) is 17.6 Å². The highest BCUT2D eigenvalue weighted by Crippen LogP contribution is 2.28. The van der Waals surface area contributed by atoms with Crippen LogP contribution in [0.2, 0.25) is 0 Å². The first-order valence-corrected chi connectivity index (χ1v) is 7.81. The SMILES string of the molecule is NCC1CCC(C(=O)NCCCc2ccccc2)CC1. The lowest BCUT2D eigenvalue weighted by atomic mass is 9.81. The van der Waals surface area contributed by atoms with Crippen molar-refractivity contribution in [1.29, 1.82) is 0 Å². The van der Waals surface area contributed by atoms with Crippen LogP contribution in [0.1, 0.15) is 37.7 Å². The summed E-state index contributed by atoms with van der Waals surface area (Å²) in [6.45, 7) is 1.55. The molecule has 1 amide bonds. The molecule has 0 aliphatic heterocycles. The van der Waals surface area contributed by atoms with Crippen molar-refractivity contribution in [2.45, 2.75) is 38.5 Å². The fourth-order valence-electron chi connectivity index (χ4n) is 2.95. The fraction of sp³-hybridized carbons (Fsp3) is 0.588. The van der Waals surface area contributed by atoms with Crippen molar-refractivity contribution >= 4 is 5.91 Å². The Bertz CT molecular complexity index is 397. The quantitative estimate of drug-likeness (QED) is 0.783. The summed E-state index contributed by atoms with van der Waals surface area (Å²) < 4.78 is 0. The van der Waals surface area contributed by atoms with Gasteiger partial charge in [0, 0.05) is 12.5 Å². The van der Waals surface area contributed by atoms with Crippen LogP contribution in [0.5, 0.6) is 0 Å². The first-order chi connectivity index (χ1) is 9.79. The zero-order valence-corrected chi connectivity index (χ0v) is 12.2. The summed E-state index contributed by atoms with van der Waals surface area (Å²) >= 11 is 0. The van der Waals surface area contributed by atoms with Gasteiger partial charge in [-0.2, -0.15) is 0 Å². The summed E-state index contributed by atoms with van der Waals surface area (Å²) in [6, 6.07) is 10.4. The molecule has 1 saturated carbocycles. The molecule has 1 aromatic carbocycles. The van der Waals surface area contributed by atoms with Gasteiger partial charge in [-0.15, -0.1) is 0 Å². The Hall–Kier alpha value is -1.35. The van der Waals surface area contributed by atoms with Crippen LogP contribution in [-0.2, 0) is 11.2 Å². The average molecular weight is 274 g/mol. The molecule has 0 unspecified atom stereocenters. The summed E-state index contributed by atoms with van der Waals surface area (Å²) in [4.78, 5) is 12.1. The molecular formula is C17H26N2O. The highest BCUT2D eigenvalue weighted by Gasteiger charge is 2.25. The standard InChI is InChI=1S/C17H26N2O/c18-13-15-8-10-16(11-9-15)17(20)19-12-4-7-14-5-2-1-3-6-14/h1-3,5-6,15-16H,4,7-13,18H2,(H,19,20). The van der Waals surface area contributed by atoms with Gasteiger partial charge in [-0.25, -0.2) is 0 Å². The molecule has 0 bridgehead atoms. The third-order valence-electron chi connectivity index (χ3n) is 4.34. The Morgan fingerprint density at radius 3 is 2.50 bits per heavy atom. The Morgan fingerprint density at radius 2 is 1.85 bits per heavy atom. The van der Waals surface area contributed by atoms with Crippen molar-refractivity contribution in [3.63, 3.8) is 0 Å². The van der Waals surface area contributed by atoms with Gasteiger partial charge >= 0.3 is 0 Å². The van der Waals surface area contributed by atoms with E-state index in [-0.39, 0.29) is 11.8 Å². The van der Waals surface area contributed by atoms with Crippen LogP contribution in [0.4, 0.5) is 0 Å². The van der Waals surface area contributed by atoms with Crippen molar-refractivity contribution < 1.29 is 4.79 Å². The second kappa shape index (κ2) is 8.05. The van der Waals surface area contributed by atoms with Gasteiger partial charge < -0.3 is 11.1 Å². The molecule has 3 N–H and O–H groups in total. The first-order valence-electron chi connectivity index (χ1n) is 7.81. The number of carbonyl (C=O) groups is 1. The minimum atomic E-state index is 0.217. The Kier molecular flexibility index (Phi) is 6.06. The third kappa shape index (κ3) is 4.64. The van der Waals surface area contributed by atoms with E-state index in [0.29, 0.717) is 5.92 Å². The molecule has 110 valence electrons. The zero-order chi connectivity index (χ0) is 14.2. The van der Waals surface area contributed by atoms with Gasteiger partial charge in [-0.1, -0.05) is 30.3 Å². The van der Waals surface area contributed by atoms with E-state index in [1.54, 1.807) is 0 Å². The number of carbonyl (C=O) groups excluding carboxylic acids is 1. The number of amides is 1. The largest absolute Gasteiger partial charge is 0.356 e.